The number of hydrogen-bond donors (Lipinski definition) is 1. The SMILES string of the molecule is CSC1CCC(Nc2nnc(C)c(C)n2)CC1. The molecule has 1 aromatic rings. The minimum Gasteiger partial charge on any atom is -0.350 e. The second-order valence-corrected chi connectivity index (χ2v) is 5.80. The summed E-state index contributed by atoms with van der Waals surface area (Å²) in [7, 11) is 0. The van der Waals surface area contributed by atoms with Gasteiger partial charge in [-0.1, -0.05) is 0 Å². The van der Waals surface area contributed by atoms with Crippen LogP contribution in [0.1, 0.15) is 37.1 Å². The number of hydrogen-bond acceptors (Lipinski definition) is 5. The molecule has 0 spiro atoms. The van der Waals surface area contributed by atoms with Crippen LogP contribution in [0.5, 0.6) is 0 Å². The Bertz CT molecular complexity index is 375. The second kappa shape index (κ2) is 5.67. The average molecular weight is 252 g/mol. The number of nitrogens with one attached hydrogen (secondary N) is 1. The highest BCUT2D eigenvalue weighted by molar-refractivity contribution is 7.99. The number of rotatable bonds is 3. The summed E-state index contributed by atoms with van der Waals surface area (Å²) in [6, 6.07) is 0.516. The Morgan fingerprint density at radius 1 is 1.06 bits per heavy atom. The number of aromatic nitrogens is 3. The van der Waals surface area contributed by atoms with E-state index in [1.807, 2.05) is 25.6 Å². The fourth-order valence-electron chi connectivity index (χ4n) is 2.14. The van der Waals surface area contributed by atoms with E-state index in [1.54, 1.807) is 0 Å². The summed E-state index contributed by atoms with van der Waals surface area (Å²) in [5.74, 6) is 0.681. The third-order valence-electron chi connectivity index (χ3n) is 3.43. The highest BCUT2D eigenvalue weighted by Gasteiger charge is 2.20. The van der Waals surface area contributed by atoms with Gasteiger partial charge in [0.1, 0.15) is 0 Å². The van der Waals surface area contributed by atoms with Crippen LogP contribution in [-0.4, -0.2) is 32.7 Å². The smallest absolute Gasteiger partial charge is 0.243 e. The molecule has 0 saturated heterocycles. The molecule has 4 nitrogen and oxygen atoms in total. The van der Waals surface area contributed by atoms with Gasteiger partial charge in [0.2, 0.25) is 5.95 Å². The zero-order chi connectivity index (χ0) is 12.3. The lowest BCUT2D eigenvalue weighted by Gasteiger charge is -2.27. The van der Waals surface area contributed by atoms with Crippen molar-refractivity contribution in [3.8, 4) is 0 Å². The maximum Gasteiger partial charge on any atom is 0.243 e. The predicted octanol–water partition coefficient (Wildman–Crippen LogP) is 2.57. The molecule has 2 rings (SSSR count). The first-order valence-electron chi connectivity index (χ1n) is 6.16. The van der Waals surface area contributed by atoms with Crippen molar-refractivity contribution in [3.05, 3.63) is 11.4 Å². The van der Waals surface area contributed by atoms with Crippen LogP contribution in [-0.2, 0) is 0 Å². The highest BCUT2D eigenvalue weighted by atomic mass is 32.2. The lowest BCUT2D eigenvalue weighted by Crippen LogP contribution is -2.28. The summed E-state index contributed by atoms with van der Waals surface area (Å²) < 4.78 is 0. The molecular weight excluding hydrogens is 232 g/mol. The number of thioether (sulfide) groups is 1. The first kappa shape index (κ1) is 12.6. The molecule has 1 aliphatic carbocycles. The quantitative estimate of drug-likeness (QED) is 0.896. The van der Waals surface area contributed by atoms with E-state index >= 15 is 0 Å². The van der Waals surface area contributed by atoms with Crippen LogP contribution < -0.4 is 5.32 Å². The first-order chi connectivity index (χ1) is 8.19. The molecule has 5 heteroatoms. The van der Waals surface area contributed by atoms with Crippen molar-refractivity contribution in [2.75, 3.05) is 11.6 Å². The largest absolute Gasteiger partial charge is 0.350 e. The van der Waals surface area contributed by atoms with Crippen LogP contribution in [0.15, 0.2) is 0 Å². The Balaban J connectivity index is 1.91. The topological polar surface area (TPSA) is 50.7 Å². The van der Waals surface area contributed by atoms with E-state index in [2.05, 4.69) is 26.8 Å². The zero-order valence-electron chi connectivity index (χ0n) is 10.7. The van der Waals surface area contributed by atoms with Crippen molar-refractivity contribution in [1.29, 1.82) is 0 Å². The number of anilines is 1. The number of aryl methyl sites for hydroxylation is 2. The summed E-state index contributed by atoms with van der Waals surface area (Å²) in [5, 5.41) is 12.4. The fourth-order valence-corrected chi connectivity index (χ4v) is 2.89. The van der Waals surface area contributed by atoms with Gasteiger partial charge in [-0.2, -0.15) is 16.9 Å². The molecule has 1 N–H and O–H groups in total. The lowest BCUT2D eigenvalue weighted by atomic mass is 9.95. The molecule has 0 unspecified atom stereocenters. The van der Waals surface area contributed by atoms with Crippen molar-refractivity contribution in [1.82, 2.24) is 15.2 Å². The third-order valence-corrected chi connectivity index (χ3v) is 4.57. The standard InChI is InChI=1S/C12H20N4S/c1-8-9(2)15-16-12(13-8)14-10-4-6-11(17-3)7-5-10/h10-11H,4-7H2,1-3H3,(H,13,14,16). The zero-order valence-corrected chi connectivity index (χ0v) is 11.5. The van der Waals surface area contributed by atoms with Gasteiger partial charge in [0, 0.05) is 11.3 Å². The van der Waals surface area contributed by atoms with Crippen molar-refractivity contribution in [2.24, 2.45) is 0 Å². The van der Waals surface area contributed by atoms with Crippen LogP contribution in [0.3, 0.4) is 0 Å². The summed E-state index contributed by atoms with van der Waals surface area (Å²) in [4.78, 5) is 4.42. The Kier molecular flexibility index (Phi) is 4.20. The fraction of sp³-hybridized carbons (Fsp3) is 0.750. The normalized spacial score (nSPS) is 24.6. The van der Waals surface area contributed by atoms with Crippen LogP contribution in [0.2, 0.25) is 0 Å². The molecule has 94 valence electrons. The minimum atomic E-state index is 0.516. The van der Waals surface area contributed by atoms with Gasteiger partial charge < -0.3 is 5.32 Å². The van der Waals surface area contributed by atoms with Gasteiger partial charge in [0.25, 0.3) is 0 Å². The van der Waals surface area contributed by atoms with Gasteiger partial charge in [0.05, 0.1) is 11.4 Å². The predicted molar refractivity (Wildman–Crippen MR) is 72.5 cm³/mol. The van der Waals surface area contributed by atoms with Crippen molar-refractivity contribution in [2.45, 2.75) is 50.8 Å². The maximum absolute atomic E-state index is 4.42. The molecule has 0 atom stereocenters. The molecule has 1 aromatic heterocycles. The Morgan fingerprint density at radius 3 is 2.35 bits per heavy atom. The van der Waals surface area contributed by atoms with Crippen LogP contribution in [0, 0.1) is 13.8 Å². The molecule has 0 aliphatic heterocycles. The lowest BCUT2D eigenvalue weighted by molar-refractivity contribution is 0.470. The summed E-state index contributed by atoms with van der Waals surface area (Å²) >= 11 is 1.99. The van der Waals surface area contributed by atoms with Crippen molar-refractivity contribution in [3.63, 3.8) is 0 Å². The van der Waals surface area contributed by atoms with Crippen LogP contribution in [0.25, 0.3) is 0 Å². The van der Waals surface area contributed by atoms with E-state index in [1.165, 1.54) is 25.7 Å². The van der Waals surface area contributed by atoms with Crippen LogP contribution in [0.4, 0.5) is 5.95 Å². The molecule has 1 fully saturated rings. The molecule has 0 radical (unpaired) electrons. The van der Waals surface area contributed by atoms with E-state index in [-0.39, 0.29) is 0 Å². The van der Waals surface area contributed by atoms with E-state index < -0.39 is 0 Å². The highest BCUT2D eigenvalue weighted by Crippen LogP contribution is 2.28. The van der Waals surface area contributed by atoms with E-state index in [9.17, 15) is 0 Å². The molecule has 0 amide bonds. The van der Waals surface area contributed by atoms with E-state index in [0.717, 1.165) is 16.6 Å². The Morgan fingerprint density at radius 2 is 1.76 bits per heavy atom. The van der Waals surface area contributed by atoms with Gasteiger partial charge in [-0.15, -0.1) is 5.10 Å². The maximum atomic E-state index is 4.42. The summed E-state index contributed by atoms with van der Waals surface area (Å²) in [6.07, 6.45) is 7.20. The Labute approximate surface area is 107 Å². The Hall–Kier alpha value is -0.840. The molecule has 17 heavy (non-hydrogen) atoms. The molecular formula is C12H20N4S. The number of nitrogens with zero attached hydrogens (tertiary/aromatic N) is 3. The van der Waals surface area contributed by atoms with Crippen LogP contribution >= 0.6 is 11.8 Å². The van der Waals surface area contributed by atoms with E-state index in [0.29, 0.717) is 12.0 Å². The third kappa shape index (κ3) is 3.31. The molecule has 1 aliphatic rings. The monoisotopic (exact) mass is 252 g/mol. The average Bonchev–Trinajstić information content (AvgIpc) is 2.35. The van der Waals surface area contributed by atoms with Gasteiger partial charge in [-0.25, -0.2) is 4.98 Å². The van der Waals surface area contributed by atoms with Crippen molar-refractivity contribution >= 4 is 17.7 Å². The molecule has 1 saturated carbocycles. The van der Waals surface area contributed by atoms with Gasteiger partial charge in [-0.3, -0.25) is 0 Å². The minimum absolute atomic E-state index is 0.516. The van der Waals surface area contributed by atoms with E-state index in [4.69, 9.17) is 0 Å². The molecule has 0 bridgehead atoms. The van der Waals surface area contributed by atoms with Gasteiger partial charge in [0.15, 0.2) is 0 Å². The summed E-state index contributed by atoms with van der Waals surface area (Å²) in [6.45, 7) is 3.91. The molecule has 0 aromatic carbocycles. The van der Waals surface area contributed by atoms with Gasteiger partial charge in [-0.05, 0) is 45.8 Å². The summed E-state index contributed by atoms with van der Waals surface area (Å²) in [5.41, 5.74) is 1.86. The molecule has 1 heterocycles. The first-order valence-corrected chi connectivity index (χ1v) is 7.45. The van der Waals surface area contributed by atoms with Crippen molar-refractivity contribution < 1.29 is 0 Å². The van der Waals surface area contributed by atoms with Gasteiger partial charge >= 0.3 is 0 Å². The second-order valence-electron chi connectivity index (χ2n) is 4.66.